The SMILES string of the molecule is OCC1(C2CCCc3ccccc32)CCC1. The fourth-order valence-corrected chi connectivity index (χ4v) is 3.64. The van der Waals surface area contributed by atoms with E-state index in [1.54, 1.807) is 0 Å². The largest absolute Gasteiger partial charge is 0.396 e. The van der Waals surface area contributed by atoms with Crippen LogP contribution < -0.4 is 0 Å². The standard InChI is InChI=1S/C15H20O/c16-11-15(9-4-10-15)14-8-3-6-12-5-1-2-7-13(12)14/h1-2,5,7,14,16H,3-4,6,8-11H2. The Balaban J connectivity index is 1.98. The zero-order chi connectivity index (χ0) is 11.0. The Hall–Kier alpha value is -0.820. The summed E-state index contributed by atoms with van der Waals surface area (Å²) in [4.78, 5) is 0. The Labute approximate surface area is 97.5 Å². The predicted molar refractivity (Wildman–Crippen MR) is 65.5 cm³/mol. The van der Waals surface area contributed by atoms with Crippen LogP contribution >= 0.6 is 0 Å². The molecule has 1 aromatic rings. The van der Waals surface area contributed by atoms with Gasteiger partial charge in [-0.25, -0.2) is 0 Å². The van der Waals surface area contributed by atoms with Crippen molar-refractivity contribution in [2.24, 2.45) is 5.41 Å². The van der Waals surface area contributed by atoms with Crippen molar-refractivity contribution >= 4 is 0 Å². The number of aliphatic hydroxyl groups excluding tert-OH is 1. The molecule has 16 heavy (non-hydrogen) atoms. The number of hydrogen-bond acceptors (Lipinski definition) is 1. The summed E-state index contributed by atoms with van der Waals surface area (Å²) in [6.45, 7) is 0.381. The Morgan fingerprint density at radius 1 is 1.19 bits per heavy atom. The van der Waals surface area contributed by atoms with Crippen LogP contribution in [0.25, 0.3) is 0 Å². The first kappa shape index (κ1) is 10.3. The van der Waals surface area contributed by atoms with E-state index in [-0.39, 0.29) is 5.41 Å². The fourth-order valence-electron chi connectivity index (χ4n) is 3.64. The van der Waals surface area contributed by atoms with Crippen molar-refractivity contribution in [2.45, 2.75) is 44.4 Å². The van der Waals surface area contributed by atoms with Crippen molar-refractivity contribution in [2.75, 3.05) is 6.61 Å². The molecule has 2 aliphatic carbocycles. The van der Waals surface area contributed by atoms with Crippen LogP contribution in [-0.4, -0.2) is 11.7 Å². The molecule has 0 spiro atoms. The van der Waals surface area contributed by atoms with E-state index >= 15 is 0 Å². The van der Waals surface area contributed by atoms with Crippen LogP contribution in [-0.2, 0) is 6.42 Å². The van der Waals surface area contributed by atoms with E-state index in [0.29, 0.717) is 12.5 Å². The minimum atomic E-state index is 0.233. The molecule has 0 aromatic heterocycles. The molecule has 2 aliphatic rings. The predicted octanol–water partition coefficient (Wildman–Crippen LogP) is 3.27. The normalized spacial score (nSPS) is 26.9. The van der Waals surface area contributed by atoms with E-state index in [1.165, 1.54) is 49.7 Å². The summed E-state index contributed by atoms with van der Waals surface area (Å²) in [5, 5.41) is 9.71. The quantitative estimate of drug-likeness (QED) is 0.804. The molecule has 1 aromatic carbocycles. The fraction of sp³-hybridized carbons (Fsp3) is 0.600. The van der Waals surface area contributed by atoms with Crippen LogP contribution in [0, 0.1) is 5.41 Å². The average molecular weight is 216 g/mol. The molecular formula is C15H20O. The van der Waals surface area contributed by atoms with Gasteiger partial charge >= 0.3 is 0 Å². The molecule has 3 rings (SSSR count). The average Bonchev–Trinajstić information content (AvgIpc) is 2.29. The number of fused-ring (bicyclic) bond motifs is 1. The molecule has 1 unspecified atom stereocenters. The van der Waals surface area contributed by atoms with Crippen molar-refractivity contribution in [3.8, 4) is 0 Å². The summed E-state index contributed by atoms with van der Waals surface area (Å²) in [5.74, 6) is 0.621. The maximum atomic E-state index is 9.71. The number of benzene rings is 1. The van der Waals surface area contributed by atoms with E-state index in [9.17, 15) is 5.11 Å². The third-order valence-corrected chi connectivity index (χ3v) is 4.77. The highest BCUT2D eigenvalue weighted by Gasteiger charge is 2.45. The van der Waals surface area contributed by atoms with Gasteiger partial charge in [-0.15, -0.1) is 0 Å². The minimum Gasteiger partial charge on any atom is -0.396 e. The lowest BCUT2D eigenvalue weighted by atomic mass is 9.57. The summed E-state index contributed by atoms with van der Waals surface area (Å²) >= 11 is 0. The van der Waals surface area contributed by atoms with E-state index in [4.69, 9.17) is 0 Å². The molecule has 1 fully saturated rings. The van der Waals surface area contributed by atoms with Gasteiger partial charge in [0, 0.05) is 12.0 Å². The zero-order valence-electron chi connectivity index (χ0n) is 9.78. The van der Waals surface area contributed by atoms with Crippen molar-refractivity contribution in [1.29, 1.82) is 0 Å². The number of aliphatic hydroxyl groups is 1. The Morgan fingerprint density at radius 2 is 2.00 bits per heavy atom. The van der Waals surface area contributed by atoms with Gasteiger partial charge in [0.15, 0.2) is 0 Å². The van der Waals surface area contributed by atoms with E-state index in [1.807, 2.05) is 0 Å². The van der Waals surface area contributed by atoms with E-state index < -0.39 is 0 Å². The monoisotopic (exact) mass is 216 g/mol. The maximum absolute atomic E-state index is 9.71. The summed E-state index contributed by atoms with van der Waals surface area (Å²) in [5.41, 5.74) is 3.29. The van der Waals surface area contributed by atoms with Crippen molar-refractivity contribution < 1.29 is 5.11 Å². The van der Waals surface area contributed by atoms with Crippen LogP contribution in [0.2, 0.25) is 0 Å². The summed E-state index contributed by atoms with van der Waals surface area (Å²) in [6.07, 6.45) is 7.55. The number of rotatable bonds is 2. The third kappa shape index (κ3) is 1.41. The van der Waals surface area contributed by atoms with Crippen molar-refractivity contribution in [3.63, 3.8) is 0 Å². The first-order chi connectivity index (χ1) is 7.86. The lowest BCUT2D eigenvalue weighted by molar-refractivity contribution is 0.0112. The Morgan fingerprint density at radius 3 is 2.69 bits per heavy atom. The van der Waals surface area contributed by atoms with Crippen molar-refractivity contribution in [1.82, 2.24) is 0 Å². The highest BCUT2D eigenvalue weighted by molar-refractivity contribution is 5.34. The van der Waals surface area contributed by atoms with Crippen LogP contribution in [0.15, 0.2) is 24.3 Å². The molecule has 0 radical (unpaired) electrons. The lowest BCUT2D eigenvalue weighted by Crippen LogP contribution is -2.40. The molecule has 86 valence electrons. The van der Waals surface area contributed by atoms with Crippen LogP contribution in [0.1, 0.15) is 49.1 Å². The number of hydrogen-bond donors (Lipinski definition) is 1. The van der Waals surface area contributed by atoms with Gasteiger partial charge in [0.2, 0.25) is 0 Å². The molecule has 1 saturated carbocycles. The highest BCUT2D eigenvalue weighted by Crippen LogP contribution is 2.54. The molecule has 0 heterocycles. The van der Waals surface area contributed by atoms with Crippen molar-refractivity contribution in [3.05, 3.63) is 35.4 Å². The molecule has 1 N–H and O–H groups in total. The summed E-state index contributed by atoms with van der Waals surface area (Å²) in [6, 6.07) is 8.86. The Kier molecular flexibility index (Phi) is 2.51. The number of aryl methyl sites for hydroxylation is 1. The molecular weight excluding hydrogens is 196 g/mol. The second-order valence-corrected chi connectivity index (χ2v) is 5.52. The molecule has 0 bridgehead atoms. The van der Waals surface area contributed by atoms with E-state index in [2.05, 4.69) is 24.3 Å². The Bertz CT molecular complexity index is 373. The van der Waals surface area contributed by atoms with Crippen LogP contribution in [0.4, 0.5) is 0 Å². The van der Waals surface area contributed by atoms with Gasteiger partial charge in [0.1, 0.15) is 0 Å². The second-order valence-electron chi connectivity index (χ2n) is 5.52. The van der Waals surface area contributed by atoms with Crippen LogP contribution in [0.5, 0.6) is 0 Å². The molecule has 0 saturated heterocycles. The van der Waals surface area contributed by atoms with Gasteiger partial charge in [-0.3, -0.25) is 0 Å². The first-order valence-corrected chi connectivity index (χ1v) is 6.54. The van der Waals surface area contributed by atoms with Gasteiger partial charge in [0.25, 0.3) is 0 Å². The topological polar surface area (TPSA) is 20.2 Å². The molecule has 1 atom stereocenters. The summed E-state index contributed by atoms with van der Waals surface area (Å²) in [7, 11) is 0. The van der Waals surface area contributed by atoms with Gasteiger partial charge in [-0.2, -0.15) is 0 Å². The second kappa shape index (κ2) is 3.89. The smallest absolute Gasteiger partial charge is 0.0493 e. The molecule has 0 amide bonds. The first-order valence-electron chi connectivity index (χ1n) is 6.54. The van der Waals surface area contributed by atoms with Gasteiger partial charge in [0.05, 0.1) is 0 Å². The molecule has 1 heteroatoms. The van der Waals surface area contributed by atoms with Gasteiger partial charge < -0.3 is 5.11 Å². The van der Waals surface area contributed by atoms with Gasteiger partial charge in [-0.1, -0.05) is 30.7 Å². The maximum Gasteiger partial charge on any atom is 0.0493 e. The van der Waals surface area contributed by atoms with Gasteiger partial charge in [-0.05, 0) is 49.1 Å². The summed E-state index contributed by atoms with van der Waals surface area (Å²) < 4.78 is 0. The van der Waals surface area contributed by atoms with Crippen LogP contribution in [0.3, 0.4) is 0 Å². The minimum absolute atomic E-state index is 0.233. The third-order valence-electron chi connectivity index (χ3n) is 4.77. The highest BCUT2D eigenvalue weighted by atomic mass is 16.3. The van der Waals surface area contributed by atoms with E-state index in [0.717, 1.165) is 0 Å². The molecule has 0 aliphatic heterocycles. The molecule has 1 nitrogen and oxygen atoms in total. The zero-order valence-corrected chi connectivity index (χ0v) is 9.78. The lowest BCUT2D eigenvalue weighted by Gasteiger charge is -2.48.